The molecule has 1 radical (unpaired) electrons. The summed E-state index contributed by atoms with van der Waals surface area (Å²) in [5.74, 6) is 0. The minimum atomic E-state index is 0. The maximum atomic E-state index is 7.06. The Labute approximate surface area is 83.7 Å². The van der Waals surface area contributed by atoms with E-state index in [1.807, 2.05) is 54.6 Å². The van der Waals surface area contributed by atoms with E-state index in [1.165, 1.54) is 0 Å². The largest absolute Gasteiger partial charge is 0.471 e. The minimum Gasteiger partial charge on any atom is -0.471 e. The minimum absolute atomic E-state index is 0. The standard InChI is InChI=1S/C13H9N.Rf/c1-14-13-10-6-5-9-12(13)11-7-3-2-4-8-11;/h2-10H;/q-1;. The van der Waals surface area contributed by atoms with Gasteiger partial charge in [0.25, 0.3) is 0 Å². The number of rotatable bonds is 2. The molecule has 2 aromatic carbocycles. The summed E-state index contributed by atoms with van der Waals surface area (Å²) < 4.78 is 0. The van der Waals surface area contributed by atoms with E-state index in [1.54, 1.807) is 0 Å². The van der Waals surface area contributed by atoms with Gasteiger partial charge in [0.1, 0.15) is 0 Å². The van der Waals surface area contributed by atoms with Gasteiger partial charge >= 0.3 is 0 Å². The zero-order valence-electron chi connectivity index (χ0n) is 8.35. The smallest absolute Gasteiger partial charge is 0 e. The molecule has 0 aliphatic rings. The topological polar surface area (TPSA) is 12.4 Å². The van der Waals surface area contributed by atoms with Crippen LogP contribution in [0.25, 0.3) is 11.1 Å². The quantitative estimate of drug-likeness (QED) is 0.496. The van der Waals surface area contributed by atoms with Crippen molar-refractivity contribution in [3.63, 3.8) is 0 Å². The van der Waals surface area contributed by atoms with E-state index >= 15 is 0 Å². The molecule has 0 aliphatic carbocycles. The Morgan fingerprint density at radius 2 is 1.40 bits per heavy atom. The summed E-state index contributed by atoms with van der Waals surface area (Å²) in [6.07, 6.45) is 0. The summed E-state index contributed by atoms with van der Waals surface area (Å²) in [5, 5.41) is 0. The Balaban J connectivity index is 0.00000112. The molecule has 0 fully saturated rings. The molecule has 0 bridgehead atoms. The second-order valence-electron chi connectivity index (χ2n) is 2.99. The van der Waals surface area contributed by atoms with Crippen molar-refractivity contribution in [2.24, 2.45) is 4.99 Å². The molecule has 0 N–H and O–H groups in total. The first-order valence-electron chi connectivity index (χ1n) is 4.44. The maximum absolute atomic E-state index is 7.06. The molecule has 2 rings (SSSR count). The first kappa shape index (κ1) is 10.2. The normalized spacial score (nSPS) is 9.07. The van der Waals surface area contributed by atoms with E-state index in [4.69, 9.17) is 6.72 Å². The van der Waals surface area contributed by atoms with Crippen LogP contribution in [-0.4, -0.2) is 6.72 Å². The number of nitrogens with zero attached hydrogens (tertiary/aromatic N) is 1. The van der Waals surface area contributed by atoms with Gasteiger partial charge in [-0.25, -0.2) is 6.72 Å². The molecule has 15 heavy (non-hydrogen) atoms. The number of aliphatic imine (C=N–C) groups is 1. The van der Waals surface area contributed by atoms with Gasteiger partial charge in [-0.05, 0) is 5.56 Å². The summed E-state index contributed by atoms with van der Waals surface area (Å²) in [4.78, 5) is 3.50. The first-order chi connectivity index (χ1) is 6.92. The number of hydrogen-bond acceptors (Lipinski definition) is 1. The van der Waals surface area contributed by atoms with Crippen LogP contribution in [-0.2, 0) is 0 Å². The summed E-state index contributed by atoms with van der Waals surface area (Å²) >= 11 is 0. The third-order valence-corrected chi connectivity index (χ3v) is 2.11. The van der Waals surface area contributed by atoms with Crippen molar-refractivity contribution >= 4 is 12.4 Å². The van der Waals surface area contributed by atoms with Crippen LogP contribution in [0.2, 0.25) is 0 Å². The monoisotopic (exact) mass is 446 g/mol. The van der Waals surface area contributed by atoms with Gasteiger partial charge in [-0.1, -0.05) is 59.8 Å². The predicted molar refractivity (Wildman–Crippen MR) is 59.0 cm³/mol. The average Bonchev–Trinajstić information content (AvgIpc) is 2.30. The van der Waals surface area contributed by atoms with Gasteiger partial charge in [0, 0.05) is 0 Å². The van der Waals surface area contributed by atoms with Gasteiger partial charge in [-0.2, -0.15) is 0 Å². The summed E-state index contributed by atoms with van der Waals surface area (Å²) in [6.45, 7) is 7.06. The average molecular weight is 446 g/mol. The van der Waals surface area contributed by atoms with E-state index in [-0.39, 0.29) is 0 Å². The Hall–Kier alpha value is -2.89. The molecule has 0 heterocycles. The van der Waals surface area contributed by atoms with Crippen molar-refractivity contribution in [1.82, 2.24) is 0 Å². The fourth-order valence-electron chi connectivity index (χ4n) is 1.43. The Kier molecular flexibility index (Phi) is 2.97. The van der Waals surface area contributed by atoms with E-state index < -0.39 is 0 Å². The molecule has 1 nitrogen and oxygen atoms in total. The van der Waals surface area contributed by atoms with Crippen LogP contribution < -0.4 is 0 Å². The molecular weight excluding hydrogens is 437 g/mol. The van der Waals surface area contributed by atoms with Crippen molar-refractivity contribution in [3.8, 4) is 11.1 Å². The predicted octanol–water partition coefficient (Wildman–Crippen LogP) is 3.44. The van der Waals surface area contributed by atoms with Crippen LogP contribution in [0.3, 0.4) is 0 Å². The molecule has 0 aromatic heterocycles. The van der Waals surface area contributed by atoms with Crippen molar-refractivity contribution in [2.45, 2.75) is 0 Å². The molecule has 0 saturated carbocycles. The molecule has 0 unspecified atom stereocenters. The second-order valence-corrected chi connectivity index (χ2v) is 2.99. The summed E-state index contributed by atoms with van der Waals surface area (Å²) in [6, 6.07) is 17.6. The fourth-order valence-corrected chi connectivity index (χ4v) is 1.43. The van der Waals surface area contributed by atoms with Crippen molar-refractivity contribution in [3.05, 3.63) is 54.6 Å². The molecule has 0 amide bonds. The maximum Gasteiger partial charge on any atom is 0 e. The van der Waals surface area contributed by atoms with Crippen LogP contribution in [0.4, 0.5) is 5.69 Å². The molecule has 2 heteroatoms. The fraction of sp³-hybridized carbons (Fsp3) is 0. The molecule has 0 aliphatic heterocycles. The Bertz CT molecular complexity index is 437. The summed E-state index contributed by atoms with van der Waals surface area (Å²) in [7, 11) is 0. The first-order valence-corrected chi connectivity index (χ1v) is 4.44. The van der Waals surface area contributed by atoms with Gasteiger partial charge < -0.3 is 4.99 Å². The van der Waals surface area contributed by atoms with Crippen molar-refractivity contribution in [1.29, 1.82) is 0 Å². The zero-order chi connectivity index (χ0) is 9.80. The van der Waals surface area contributed by atoms with Crippen LogP contribution in [0.15, 0.2) is 59.6 Å². The number of para-hydroxylation sites is 1. The SMILES string of the molecule is [C-]=Nc1ccccc1-c1ccccc1.[Rf]. The van der Waals surface area contributed by atoms with Crippen LogP contribution in [0.5, 0.6) is 0 Å². The van der Waals surface area contributed by atoms with E-state index in [0.29, 0.717) is 5.69 Å². The van der Waals surface area contributed by atoms with E-state index in [9.17, 15) is 0 Å². The van der Waals surface area contributed by atoms with E-state index in [2.05, 4.69) is 4.99 Å². The number of benzene rings is 2. The van der Waals surface area contributed by atoms with Gasteiger partial charge in [0.2, 0.25) is 0 Å². The van der Waals surface area contributed by atoms with Gasteiger partial charge in [-0.3, -0.25) is 0 Å². The Morgan fingerprint density at radius 3 is 2.07 bits per heavy atom. The summed E-state index contributed by atoms with van der Waals surface area (Å²) in [5.41, 5.74) is 2.81. The second kappa shape index (κ2) is 4.38. The van der Waals surface area contributed by atoms with Crippen molar-refractivity contribution in [2.75, 3.05) is 0 Å². The zero-order valence-corrected chi connectivity index (χ0v) is 14.7. The van der Waals surface area contributed by atoms with Crippen LogP contribution in [0, 0.1) is 0 Å². The molecule has 0 spiro atoms. The van der Waals surface area contributed by atoms with E-state index in [0.717, 1.165) is 11.1 Å². The molecule has 0 saturated heterocycles. The van der Waals surface area contributed by atoms with Crippen LogP contribution >= 0.6 is 0 Å². The van der Waals surface area contributed by atoms with Gasteiger partial charge in [-0.15, -0.1) is 6.07 Å². The van der Waals surface area contributed by atoms with Gasteiger partial charge in [0.15, 0.2) is 0 Å². The third-order valence-electron chi connectivity index (χ3n) is 2.11. The molecule has 2 aromatic rings. The third kappa shape index (κ3) is 1.89. The molecule has 69 valence electrons. The Morgan fingerprint density at radius 1 is 0.800 bits per heavy atom. The van der Waals surface area contributed by atoms with Crippen LogP contribution in [0.1, 0.15) is 0 Å². The van der Waals surface area contributed by atoms with Crippen molar-refractivity contribution < 1.29 is 0 Å². The number of hydrogen-bond donors (Lipinski definition) is 0. The molecular formula is C13H9NRf-. The molecule has 0 atom stereocenters. The van der Waals surface area contributed by atoms with Gasteiger partial charge in [0.05, 0.1) is 0 Å².